The molecule has 5 nitrogen and oxygen atoms in total. The maximum absolute atomic E-state index is 11.4. The highest BCUT2D eigenvalue weighted by molar-refractivity contribution is 5.69. The third-order valence-corrected chi connectivity index (χ3v) is 5.50. The summed E-state index contributed by atoms with van der Waals surface area (Å²) in [6.07, 6.45) is 9.13. The van der Waals surface area contributed by atoms with Gasteiger partial charge in [-0.2, -0.15) is 0 Å². The summed E-state index contributed by atoms with van der Waals surface area (Å²) >= 11 is 0. The number of nitrogens with zero attached hydrogens (tertiary/aromatic N) is 2. The van der Waals surface area contributed by atoms with Crippen molar-refractivity contribution >= 4 is 11.7 Å². The summed E-state index contributed by atoms with van der Waals surface area (Å²) in [5, 5.41) is 0. The van der Waals surface area contributed by atoms with Crippen molar-refractivity contribution in [2.24, 2.45) is 0 Å². The molecule has 1 fully saturated rings. The Balaban J connectivity index is 1.60. The molecular formula is C24H40N2O3. The zero-order valence-electron chi connectivity index (χ0n) is 18.5. The fraction of sp³-hybridized carbons (Fsp3) is 0.708. The Hall–Kier alpha value is -1.75. The molecule has 0 aliphatic carbocycles. The van der Waals surface area contributed by atoms with Gasteiger partial charge >= 0.3 is 5.97 Å². The smallest absolute Gasteiger partial charge is 0.305 e. The van der Waals surface area contributed by atoms with E-state index in [1.165, 1.54) is 37.8 Å². The van der Waals surface area contributed by atoms with Crippen LogP contribution in [-0.2, 0) is 9.53 Å². The molecule has 0 atom stereocenters. The van der Waals surface area contributed by atoms with Crippen molar-refractivity contribution in [1.82, 2.24) is 4.90 Å². The number of benzene rings is 1. The zero-order valence-corrected chi connectivity index (χ0v) is 18.5. The summed E-state index contributed by atoms with van der Waals surface area (Å²) in [6, 6.07) is 8.54. The van der Waals surface area contributed by atoms with Crippen molar-refractivity contribution in [1.29, 1.82) is 0 Å². The second-order valence-corrected chi connectivity index (χ2v) is 7.85. The Morgan fingerprint density at radius 1 is 0.897 bits per heavy atom. The van der Waals surface area contributed by atoms with Crippen molar-refractivity contribution in [2.75, 3.05) is 50.8 Å². The highest BCUT2D eigenvalue weighted by Gasteiger charge is 2.17. The standard InChI is InChI=1S/C24H40N2O3/c1-3-5-6-7-8-9-21-29-23-14-12-22(13-15-23)26-19-17-25(18-20-26)16-10-11-24(27)28-4-2/h12-15H,3-11,16-21H2,1-2H3. The highest BCUT2D eigenvalue weighted by atomic mass is 16.5. The van der Waals surface area contributed by atoms with Crippen molar-refractivity contribution in [3.05, 3.63) is 24.3 Å². The van der Waals surface area contributed by atoms with Gasteiger partial charge in [-0.15, -0.1) is 0 Å². The predicted molar refractivity (Wildman–Crippen MR) is 120 cm³/mol. The molecule has 0 N–H and O–H groups in total. The Labute approximate surface area is 177 Å². The third kappa shape index (κ3) is 9.53. The number of hydrogen-bond donors (Lipinski definition) is 0. The van der Waals surface area contributed by atoms with Gasteiger partial charge in [-0.1, -0.05) is 39.0 Å². The minimum atomic E-state index is -0.0788. The number of rotatable bonds is 14. The largest absolute Gasteiger partial charge is 0.494 e. The van der Waals surface area contributed by atoms with Gasteiger partial charge in [0.05, 0.1) is 13.2 Å². The molecule has 1 aliphatic heterocycles. The Kier molecular flexibility index (Phi) is 11.6. The molecule has 164 valence electrons. The number of esters is 1. The first-order chi connectivity index (χ1) is 14.2. The summed E-state index contributed by atoms with van der Waals surface area (Å²) < 4.78 is 10.9. The molecule has 2 rings (SSSR count). The number of anilines is 1. The van der Waals surface area contributed by atoms with Crippen LogP contribution >= 0.6 is 0 Å². The minimum absolute atomic E-state index is 0.0788. The summed E-state index contributed by atoms with van der Waals surface area (Å²) in [7, 11) is 0. The molecule has 1 aromatic carbocycles. The maximum Gasteiger partial charge on any atom is 0.305 e. The first-order valence-corrected chi connectivity index (χ1v) is 11.6. The molecular weight excluding hydrogens is 364 g/mol. The summed E-state index contributed by atoms with van der Waals surface area (Å²) in [4.78, 5) is 16.3. The topological polar surface area (TPSA) is 42.0 Å². The van der Waals surface area contributed by atoms with Crippen molar-refractivity contribution < 1.29 is 14.3 Å². The van der Waals surface area contributed by atoms with E-state index in [0.29, 0.717) is 13.0 Å². The van der Waals surface area contributed by atoms with E-state index in [0.717, 1.165) is 57.9 Å². The van der Waals surface area contributed by atoms with Crippen LogP contribution in [0.3, 0.4) is 0 Å². The van der Waals surface area contributed by atoms with Gasteiger partial charge in [0.2, 0.25) is 0 Å². The van der Waals surface area contributed by atoms with E-state index in [1.54, 1.807) is 0 Å². The molecule has 1 heterocycles. The van der Waals surface area contributed by atoms with Crippen LogP contribution in [0.2, 0.25) is 0 Å². The molecule has 1 aliphatic rings. The lowest BCUT2D eigenvalue weighted by Gasteiger charge is -2.36. The fourth-order valence-corrected chi connectivity index (χ4v) is 3.74. The molecule has 5 heteroatoms. The Morgan fingerprint density at radius 2 is 1.59 bits per heavy atom. The summed E-state index contributed by atoms with van der Waals surface area (Å²) in [5.74, 6) is 0.893. The van der Waals surface area contributed by atoms with Crippen LogP contribution in [0.15, 0.2) is 24.3 Å². The normalized spacial score (nSPS) is 14.8. The molecule has 0 unspecified atom stereocenters. The lowest BCUT2D eigenvalue weighted by molar-refractivity contribution is -0.143. The first-order valence-electron chi connectivity index (χ1n) is 11.6. The monoisotopic (exact) mass is 404 g/mol. The van der Waals surface area contributed by atoms with Gasteiger partial charge in [0.15, 0.2) is 0 Å². The molecule has 0 aromatic heterocycles. The van der Waals surface area contributed by atoms with Gasteiger partial charge < -0.3 is 14.4 Å². The van der Waals surface area contributed by atoms with Gasteiger partial charge in [0.1, 0.15) is 5.75 Å². The molecule has 0 bridgehead atoms. The van der Waals surface area contributed by atoms with E-state index in [-0.39, 0.29) is 5.97 Å². The van der Waals surface area contributed by atoms with Gasteiger partial charge in [0.25, 0.3) is 0 Å². The lowest BCUT2D eigenvalue weighted by Crippen LogP contribution is -2.46. The summed E-state index contributed by atoms with van der Waals surface area (Å²) in [5.41, 5.74) is 1.27. The Morgan fingerprint density at radius 3 is 2.28 bits per heavy atom. The predicted octanol–water partition coefficient (Wildman–Crippen LogP) is 4.89. The van der Waals surface area contributed by atoms with Gasteiger partial charge in [-0.25, -0.2) is 0 Å². The van der Waals surface area contributed by atoms with E-state index in [2.05, 4.69) is 41.0 Å². The molecule has 1 saturated heterocycles. The number of ether oxygens (including phenoxy) is 2. The lowest BCUT2D eigenvalue weighted by atomic mass is 10.1. The van der Waals surface area contributed by atoms with E-state index in [9.17, 15) is 4.79 Å². The van der Waals surface area contributed by atoms with Crippen LogP contribution in [0.5, 0.6) is 5.75 Å². The minimum Gasteiger partial charge on any atom is -0.494 e. The number of hydrogen-bond acceptors (Lipinski definition) is 5. The van der Waals surface area contributed by atoms with Crippen LogP contribution in [0.25, 0.3) is 0 Å². The first kappa shape index (κ1) is 23.5. The van der Waals surface area contributed by atoms with Crippen molar-refractivity contribution in [3.8, 4) is 5.75 Å². The second kappa shape index (κ2) is 14.3. The van der Waals surface area contributed by atoms with Crippen LogP contribution in [0, 0.1) is 0 Å². The second-order valence-electron chi connectivity index (χ2n) is 7.85. The zero-order chi connectivity index (χ0) is 20.7. The van der Waals surface area contributed by atoms with Gasteiger partial charge in [-0.05, 0) is 50.6 Å². The number of piperazine rings is 1. The maximum atomic E-state index is 11.4. The van der Waals surface area contributed by atoms with Gasteiger partial charge in [-0.3, -0.25) is 9.69 Å². The molecule has 0 saturated carbocycles. The number of carbonyl (C=O) groups excluding carboxylic acids is 1. The van der Waals surface area contributed by atoms with E-state index in [4.69, 9.17) is 9.47 Å². The fourth-order valence-electron chi connectivity index (χ4n) is 3.74. The summed E-state index contributed by atoms with van der Waals surface area (Å²) in [6.45, 7) is 10.5. The van der Waals surface area contributed by atoms with E-state index >= 15 is 0 Å². The van der Waals surface area contributed by atoms with Crippen LogP contribution in [0.4, 0.5) is 5.69 Å². The quantitative estimate of drug-likeness (QED) is 0.326. The highest BCUT2D eigenvalue weighted by Crippen LogP contribution is 2.21. The molecule has 0 radical (unpaired) electrons. The van der Waals surface area contributed by atoms with Crippen molar-refractivity contribution in [3.63, 3.8) is 0 Å². The van der Waals surface area contributed by atoms with Crippen LogP contribution in [0.1, 0.15) is 65.2 Å². The number of unbranched alkanes of at least 4 members (excludes halogenated alkanes) is 5. The van der Waals surface area contributed by atoms with Crippen LogP contribution in [-0.4, -0.2) is 56.8 Å². The average Bonchev–Trinajstić information content (AvgIpc) is 2.74. The van der Waals surface area contributed by atoms with Crippen LogP contribution < -0.4 is 9.64 Å². The Bertz CT molecular complexity index is 554. The SMILES string of the molecule is CCCCCCCCOc1ccc(N2CCN(CCCC(=O)OCC)CC2)cc1. The third-order valence-electron chi connectivity index (χ3n) is 5.50. The molecule has 0 amide bonds. The molecule has 1 aromatic rings. The molecule has 29 heavy (non-hydrogen) atoms. The van der Waals surface area contributed by atoms with Gasteiger partial charge in [0, 0.05) is 38.3 Å². The molecule has 0 spiro atoms. The van der Waals surface area contributed by atoms with Crippen molar-refractivity contribution in [2.45, 2.75) is 65.2 Å². The number of carbonyl (C=O) groups is 1. The van der Waals surface area contributed by atoms with E-state index < -0.39 is 0 Å². The van der Waals surface area contributed by atoms with E-state index in [1.807, 2.05) is 6.92 Å². The average molecular weight is 405 g/mol.